The summed E-state index contributed by atoms with van der Waals surface area (Å²) in [4.78, 5) is 34.3. The number of aromatic amines is 1. The number of hydrogen-bond acceptors (Lipinski definition) is 5. The summed E-state index contributed by atoms with van der Waals surface area (Å²) in [6, 6.07) is 7.95. The summed E-state index contributed by atoms with van der Waals surface area (Å²) in [5.41, 5.74) is 3.09. The van der Waals surface area contributed by atoms with Crippen LogP contribution in [0, 0.1) is 6.92 Å². The van der Waals surface area contributed by atoms with Gasteiger partial charge in [0.25, 0.3) is 5.56 Å². The maximum absolute atomic E-state index is 12.5. The van der Waals surface area contributed by atoms with E-state index in [9.17, 15) is 9.59 Å². The topological polar surface area (TPSA) is 87.3 Å². The highest BCUT2D eigenvalue weighted by atomic mass is 16.5. The molecule has 0 aliphatic carbocycles. The van der Waals surface area contributed by atoms with Gasteiger partial charge in [-0.3, -0.25) is 14.6 Å². The predicted octanol–water partition coefficient (Wildman–Crippen LogP) is 3.00. The standard InChI is InChI=1S/C22H30N4O3/c1-4-15(2)17-5-7-18(8-6-17)24-20(27)10-9-19-16(3)23-22(25-21(19)28)26-11-13-29-14-12-26/h5-8,15H,4,9-14H2,1-3H3,(H,24,27)(H,23,25,28)/t15-/m1/s1. The van der Waals surface area contributed by atoms with Crippen molar-refractivity contribution in [3.05, 3.63) is 51.4 Å². The molecule has 0 spiro atoms. The number of aryl methyl sites for hydroxylation is 1. The Morgan fingerprint density at radius 2 is 1.97 bits per heavy atom. The fraction of sp³-hybridized carbons (Fsp3) is 0.500. The maximum atomic E-state index is 12.5. The first-order chi connectivity index (χ1) is 14.0. The van der Waals surface area contributed by atoms with E-state index in [1.807, 2.05) is 36.1 Å². The predicted molar refractivity (Wildman–Crippen MR) is 115 cm³/mol. The van der Waals surface area contributed by atoms with Crippen molar-refractivity contribution in [3.63, 3.8) is 0 Å². The van der Waals surface area contributed by atoms with Crippen molar-refractivity contribution in [2.45, 2.75) is 46.0 Å². The first kappa shape index (κ1) is 21.0. The Balaban J connectivity index is 1.59. The zero-order valence-corrected chi connectivity index (χ0v) is 17.5. The Morgan fingerprint density at radius 3 is 2.59 bits per heavy atom. The van der Waals surface area contributed by atoms with E-state index < -0.39 is 0 Å². The summed E-state index contributed by atoms with van der Waals surface area (Å²) in [6.07, 6.45) is 1.67. The van der Waals surface area contributed by atoms with Crippen molar-refractivity contribution in [2.75, 3.05) is 36.5 Å². The Labute approximate surface area is 171 Å². The molecule has 0 saturated carbocycles. The van der Waals surface area contributed by atoms with Gasteiger partial charge in [-0.25, -0.2) is 4.98 Å². The van der Waals surface area contributed by atoms with Gasteiger partial charge in [0.05, 0.1) is 13.2 Å². The summed E-state index contributed by atoms with van der Waals surface area (Å²) in [5.74, 6) is 0.963. The van der Waals surface area contributed by atoms with Crippen molar-refractivity contribution in [2.24, 2.45) is 0 Å². The number of anilines is 2. The van der Waals surface area contributed by atoms with Gasteiger partial charge in [-0.2, -0.15) is 0 Å². The molecule has 1 amide bonds. The molecule has 0 bridgehead atoms. The smallest absolute Gasteiger partial charge is 0.255 e. The number of hydrogen-bond donors (Lipinski definition) is 2. The second-order valence-corrected chi connectivity index (χ2v) is 7.53. The molecule has 1 fully saturated rings. The van der Waals surface area contributed by atoms with Crippen LogP contribution in [-0.4, -0.2) is 42.2 Å². The summed E-state index contributed by atoms with van der Waals surface area (Å²) in [5, 5.41) is 2.90. The van der Waals surface area contributed by atoms with E-state index in [1.165, 1.54) is 5.56 Å². The number of nitrogens with zero attached hydrogens (tertiary/aromatic N) is 2. The van der Waals surface area contributed by atoms with E-state index in [2.05, 4.69) is 29.1 Å². The molecule has 1 aliphatic rings. The number of nitrogens with one attached hydrogen (secondary N) is 2. The molecule has 1 aliphatic heterocycles. The minimum absolute atomic E-state index is 0.114. The van der Waals surface area contributed by atoms with Gasteiger partial charge in [-0.15, -0.1) is 0 Å². The molecule has 2 N–H and O–H groups in total. The van der Waals surface area contributed by atoms with Crippen LogP contribution >= 0.6 is 0 Å². The quantitative estimate of drug-likeness (QED) is 0.749. The molecule has 7 heteroatoms. The second-order valence-electron chi connectivity index (χ2n) is 7.53. The maximum Gasteiger partial charge on any atom is 0.255 e. The molecule has 0 radical (unpaired) electrons. The van der Waals surface area contributed by atoms with Crippen LogP contribution in [0.3, 0.4) is 0 Å². The molecule has 7 nitrogen and oxygen atoms in total. The van der Waals surface area contributed by atoms with E-state index in [1.54, 1.807) is 0 Å². The zero-order chi connectivity index (χ0) is 20.8. The molecule has 2 heterocycles. The Hall–Kier alpha value is -2.67. The SMILES string of the molecule is CC[C@@H](C)c1ccc(NC(=O)CCc2c(C)nc(N3CCOCC3)[nH]c2=O)cc1. The van der Waals surface area contributed by atoms with Crippen molar-refractivity contribution < 1.29 is 9.53 Å². The molecule has 1 aromatic heterocycles. The summed E-state index contributed by atoms with van der Waals surface area (Å²) >= 11 is 0. The third kappa shape index (κ3) is 5.44. The Kier molecular flexibility index (Phi) is 7.04. The number of ether oxygens (including phenoxy) is 1. The van der Waals surface area contributed by atoms with Gasteiger partial charge in [0.1, 0.15) is 0 Å². The van der Waals surface area contributed by atoms with Crippen molar-refractivity contribution in [1.29, 1.82) is 0 Å². The number of H-pyrrole nitrogens is 1. The van der Waals surface area contributed by atoms with Crippen LogP contribution in [0.15, 0.2) is 29.1 Å². The second kappa shape index (κ2) is 9.69. The summed E-state index contributed by atoms with van der Waals surface area (Å²) in [6.45, 7) is 8.84. The van der Waals surface area contributed by atoms with Crippen molar-refractivity contribution >= 4 is 17.5 Å². The van der Waals surface area contributed by atoms with Crippen LogP contribution in [0.4, 0.5) is 11.6 Å². The Morgan fingerprint density at radius 1 is 1.28 bits per heavy atom. The van der Waals surface area contributed by atoms with Crippen LogP contribution in [0.2, 0.25) is 0 Å². The van der Waals surface area contributed by atoms with Crippen molar-refractivity contribution in [1.82, 2.24) is 9.97 Å². The molecule has 3 rings (SSSR count). The minimum Gasteiger partial charge on any atom is -0.378 e. The van der Waals surface area contributed by atoms with Gasteiger partial charge in [0.15, 0.2) is 0 Å². The number of benzene rings is 1. The Bertz CT molecular complexity index is 886. The molecule has 156 valence electrons. The van der Waals surface area contributed by atoms with E-state index in [4.69, 9.17) is 4.74 Å². The zero-order valence-electron chi connectivity index (χ0n) is 17.5. The van der Waals surface area contributed by atoms with Gasteiger partial charge in [-0.05, 0) is 43.4 Å². The lowest BCUT2D eigenvalue weighted by molar-refractivity contribution is -0.116. The fourth-order valence-corrected chi connectivity index (χ4v) is 3.41. The van der Waals surface area contributed by atoms with Crippen molar-refractivity contribution in [3.8, 4) is 0 Å². The van der Waals surface area contributed by atoms with Gasteiger partial charge in [0.2, 0.25) is 11.9 Å². The lowest BCUT2D eigenvalue weighted by Gasteiger charge is -2.27. The number of morpholine rings is 1. The molecule has 0 unspecified atom stereocenters. The number of aromatic nitrogens is 2. The first-order valence-electron chi connectivity index (χ1n) is 10.3. The van der Waals surface area contributed by atoms with Gasteiger partial charge < -0.3 is 15.0 Å². The average Bonchev–Trinajstić information content (AvgIpc) is 2.73. The molecule has 1 aromatic carbocycles. The van der Waals surface area contributed by atoms with Gasteiger partial charge in [-0.1, -0.05) is 26.0 Å². The fourth-order valence-electron chi connectivity index (χ4n) is 3.41. The largest absolute Gasteiger partial charge is 0.378 e. The van der Waals surface area contributed by atoms with E-state index in [0.29, 0.717) is 55.8 Å². The summed E-state index contributed by atoms with van der Waals surface area (Å²) in [7, 11) is 0. The number of rotatable bonds is 7. The number of amides is 1. The molecule has 1 saturated heterocycles. The normalized spacial score (nSPS) is 15.2. The molecule has 2 aromatic rings. The average molecular weight is 399 g/mol. The lowest BCUT2D eigenvalue weighted by atomic mass is 9.98. The third-order valence-electron chi connectivity index (χ3n) is 5.50. The first-order valence-corrected chi connectivity index (χ1v) is 10.3. The molecular weight excluding hydrogens is 368 g/mol. The van der Waals surface area contributed by atoms with Gasteiger partial charge >= 0.3 is 0 Å². The highest BCUT2D eigenvalue weighted by Gasteiger charge is 2.17. The van der Waals surface area contributed by atoms with E-state index in [0.717, 1.165) is 12.1 Å². The number of carbonyl (C=O) groups excluding carboxylic acids is 1. The molecule has 29 heavy (non-hydrogen) atoms. The highest BCUT2D eigenvalue weighted by molar-refractivity contribution is 5.90. The summed E-state index contributed by atoms with van der Waals surface area (Å²) < 4.78 is 5.34. The van der Waals surface area contributed by atoms with Crippen LogP contribution in [0.5, 0.6) is 0 Å². The molecular formula is C22H30N4O3. The van der Waals surface area contributed by atoms with Crippen LogP contribution in [-0.2, 0) is 16.0 Å². The monoisotopic (exact) mass is 398 g/mol. The molecule has 1 atom stereocenters. The number of carbonyl (C=O) groups is 1. The van der Waals surface area contributed by atoms with E-state index >= 15 is 0 Å². The highest BCUT2D eigenvalue weighted by Crippen LogP contribution is 2.20. The van der Waals surface area contributed by atoms with E-state index in [-0.39, 0.29) is 17.9 Å². The van der Waals surface area contributed by atoms with Crippen LogP contribution in [0.25, 0.3) is 0 Å². The minimum atomic E-state index is -0.176. The van der Waals surface area contributed by atoms with Gasteiger partial charge in [0, 0.05) is 36.5 Å². The van der Waals surface area contributed by atoms with Crippen LogP contribution < -0.4 is 15.8 Å². The third-order valence-corrected chi connectivity index (χ3v) is 5.50. The lowest BCUT2D eigenvalue weighted by Crippen LogP contribution is -2.38. The van der Waals surface area contributed by atoms with Crippen LogP contribution in [0.1, 0.15) is 49.4 Å².